The predicted octanol–water partition coefficient (Wildman–Crippen LogP) is 4.46. The van der Waals surface area contributed by atoms with E-state index in [4.69, 9.17) is 0 Å². The highest BCUT2D eigenvalue weighted by Gasteiger charge is 2.11. The molecule has 0 spiro atoms. The monoisotopic (exact) mass is 235 g/mol. The maximum Gasteiger partial charge on any atom is 0.133 e. The number of benzene rings is 1. The van der Waals surface area contributed by atoms with Crippen LogP contribution in [0.1, 0.15) is 31.9 Å². The lowest BCUT2D eigenvalue weighted by molar-refractivity contribution is 0.631. The van der Waals surface area contributed by atoms with Crippen LogP contribution in [-0.2, 0) is 0 Å². The van der Waals surface area contributed by atoms with E-state index in [9.17, 15) is 4.39 Å². The van der Waals surface area contributed by atoms with Gasteiger partial charge in [-0.25, -0.2) is 9.37 Å². The number of nitrogens with zero attached hydrogens (tertiary/aromatic N) is 1. The van der Waals surface area contributed by atoms with E-state index in [1.54, 1.807) is 12.1 Å². The van der Waals surface area contributed by atoms with E-state index in [1.165, 1.54) is 17.4 Å². The van der Waals surface area contributed by atoms with E-state index >= 15 is 0 Å². The van der Waals surface area contributed by atoms with Crippen LogP contribution in [0.3, 0.4) is 0 Å². The zero-order valence-corrected chi connectivity index (χ0v) is 10.2. The molecule has 0 amide bonds. The maximum absolute atomic E-state index is 13.5. The van der Waals surface area contributed by atoms with Crippen LogP contribution in [0.2, 0.25) is 0 Å². The quantitative estimate of drug-likeness (QED) is 0.765. The van der Waals surface area contributed by atoms with Crippen molar-refractivity contribution in [1.82, 2.24) is 4.98 Å². The Morgan fingerprint density at radius 3 is 2.81 bits per heavy atom. The van der Waals surface area contributed by atoms with E-state index in [0.29, 0.717) is 11.5 Å². The molecule has 1 unspecified atom stereocenters. The molecular formula is C13H14FNS. The second kappa shape index (κ2) is 4.74. The third kappa shape index (κ3) is 2.14. The molecule has 1 heterocycles. The molecule has 0 saturated heterocycles. The highest BCUT2D eigenvalue weighted by molar-refractivity contribution is 7.13. The summed E-state index contributed by atoms with van der Waals surface area (Å²) in [6.45, 7) is 4.27. The minimum absolute atomic E-state index is 0.201. The summed E-state index contributed by atoms with van der Waals surface area (Å²) in [5.74, 6) is 0.240. The number of thiazole rings is 1. The largest absolute Gasteiger partial charge is 0.241 e. The molecular weight excluding hydrogens is 221 g/mol. The second-order valence-corrected chi connectivity index (χ2v) is 4.72. The first-order chi connectivity index (χ1) is 7.72. The molecule has 0 aliphatic rings. The molecule has 2 rings (SSSR count). The van der Waals surface area contributed by atoms with Crippen LogP contribution in [0.4, 0.5) is 4.39 Å². The summed E-state index contributed by atoms with van der Waals surface area (Å²) >= 11 is 1.51. The molecule has 1 aromatic heterocycles. The highest BCUT2D eigenvalue weighted by Crippen LogP contribution is 2.29. The molecule has 0 aliphatic carbocycles. The minimum atomic E-state index is -0.201. The number of hydrogen-bond donors (Lipinski definition) is 0. The SMILES string of the molecule is CCC(C)c1csc(-c2ccccc2F)n1. The minimum Gasteiger partial charge on any atom is -0.241 e. The normalized spacial score (nSPS) is 12.7. The fourth-order valence-corrected chi connectivity index (χ4v) is 2.45. The van der Waals surface area contributed by atoms with E-state index in [0.717, 1.165) is 17.1 Å². The average Bonchev–Trinajstić information content (AvgIpc) is 2.78. The van der Waals surface area contributed by atoms with Gasteiger partial charge in [-0.3, -0.25) is 0 Å². The lowest BCUT2D eigenvalue weighted by Gasteiger charge is -2.02. The van der Waals surface area contributed by atoms with Crippen molar-refractivity contribution in [3.63, 3.8) is 0 Å². The van der Waals surface area contributed by atoms with Gasteiger partial charge in [0.1, 0.15) is 10.8 Å². The van der Waals surface area contributed by atoms with Gasteiger partial charge in [-0.05, 0) is 24.5 Å². The van der Waals surface area contributed by atoms with Crippen molar-refractivity contribution in [3.8, 4) is 10.6 Å². The van der Waals surface area contributed by atoms with Crippen molar-refractivity contribution < 1.29 is 4.39 Å². The summed E-state index contributed by atoms with van der Waals surface area (Å²) in [6.07, 6.45) is 1.06. The van der Waals surface area contributed by atoms with Crippen LogP contribution in [0.15, 0.2) is 29.6 Å². The lowest BCUT2D eigenvalue weighted by Crippen LogP contribution is -1.91. The molecule has 3 heteroatoms. The Morgan fingerprint density at radius 1 is 1.38 bits per heavy atom. The maximum atomic E-state index is 13.5. The number of halogens is 1. The van der Waals surface area contributed by atoms with Gasteiger partial charge in [0.15, 0.2) is 0 Å². The van der Waals surface area contributed by atoms with Crippen molar-refractivity contribution in [3.05, 3.63) is 41.2 Å². The summed E-state index contributed by atoms with van der Waals surface area (Å²) in [5, 5.41) is 2.80. The Labute approximate surface area is 99.0 Å². The molecule has 1 atom stereocenters. The molecule has 1 aromatic carbocycles. The summed E-state index contributed by atoms with van der Waals surface area (Å²) in [6, 6.07) is 6.78. The van der Waals surface area contributed by atoms with Crippen LogP contribution in [0, 0.1) is 5.82 Å². The van der Waals surface area contributed by atoms with Gasteiger partial charge in [-0.2, -0.15) is 0 Å². The first-order valence-electron chi connectivity index (χ1n) is 5.42. The van der Waals surface area contributed by atoms with Crippen molar-refractivity contribution in [2.75, 3.05) is 0 Å². The third-order valence-corrected chi connectivity index (χ3v) is 3.64. The van der Waals surface area contributed by atoms with E-state index in [2.05, 4.69) is 18.8 Å². The molecule has 1 nitrogen and oxygen atoms in total. The van der Waals surface area contributed by atoms with E-state index < -0.39 is 0 Å². The number of hydrogen-bond acceptors (Lipinski definition) is 2. The molecule has 0 N–H and O–H groups in total. The Bertz CT molecular complexity index is 478. The van der Waals surface area contributed by atoms with Gasteiger partial charge in [-0.1, -0.05) is 26.0 Å². The molecule has 0 aliphatic heterocycles. The second-order valence-electron chi connectivity index (χ2n) is 3.87. The van der Waals surface area contributed by atoms with Crippen LogP contribution in [0.5, 0.6) is 0 Å². The molecule has 0 radical (unpaired) electrons. The van der Waals surface area contributed by atoms with Gasteiger partial charge in [0.05, 0.1) is 5.69 Å². The van der Waals surface area contributed by atoms with Crippen molar-refractivity contribution in [1.29, 1.82) is 0 Å². The molecule has 84 valence electrons. The van der Waals surface area contributed by atoms with Gasteiger partial charge in [-0.15, -0.1) is 11.3 Å². The number of aromatic nitrogens is 1. The summed E-state index contributed by atoms with van der Waals surface area (Å²) in [7, 11) is 0. The fourth-order valence-electron chi connectivity index (χ4n) is 1.48. The van der Waals surface area contributed by atoms with Crippen LogP contribution in [0.25, 0.3) is 10.6 Å². The smallest absolute Gasteiger partial charge is 0.133 e. The zero-order valence-electron chi connectivity index (χ0n) is 9.40. The van der Waals surface area contributed by atoms with Gasteiger partial charge in [0.2, 0.25) is 0 Å². The lowest BCUT2D eigenvalue weighted by atomic mass is 10.1. The molecule has 0 saturated carbocycles. The van der Waals surface area contributed by atoms with E-state index in [-0.39, 0.29) is 5.82 Å². The first-order valence-corrected chi connectivity index (χ1v) is 6.30. The van der Waals surface area contributed by atoms with Gasteiger partial charge >= 0.3 is 0 Å². The van der Waals surface area contributed by atoms with Crippen LogP contribution < -0.4 is 0 Å². The fraction of sp³-hybridized carbons (Fsp3) is 0.308. The molecule has 0 fully saturated rings. The Balaban J connectivity index is 2.35. The summed E-state index contributed by atoms with van der Waals surface area (Å²) in [5.41, 5.74) is 1.66. The first kappa shape index (κ1) is 11.3. The van der Waals surface area contributed by atoms with Crippen molar-refractivity contribution in [2.24, 2.45) is 0 Å². The van der Waals surface area contributed by atoms with Gasteiger partial charge in [0, 0.05) is 10.9 Å². The highest BCUT2D eigenvalue weighted by atomic mass is 32.1. The third-order valence-electron chi connectivity index (χ3n) is 2.74. The Morgan fingerprint density at radius 2 is 2.12 bits per heavy atom. The van der Waals surface area contributed by atoms with E-state index in [1.807, 2.05) is 11.4 Å². The molecule has 2 aromatic rings. The van der Waals surface area contributed by atoms with Crippen LogP contribution in [-0.4, -0.2) is 4.98 Å². The van der Waals surface area contributed by atoms with Crippen molar-refractivity contribution >= 4 is 11.3 Å². The van der Waals surface area contributed by atoms with Crippen molar-refractivity contribution in [2.45, 2.75) is 26.2 Å². The Hall–Kier alpha value is -1.22. The molecule has 16 heavy (non-hydrogen) atoms. The molecule has 0 bridgehead atoms. The number of rotatable bonds is 3. The van der Waals surface area contributed by atoms with Gasteiger partial charge in [0.25, 0.3) is 0 Å². The topological polar surface area (TPSA) is 12.9 Å². The Kier molecular flexibility index (Phi) is 3.34. The zero-order chi connectivity index (χ0) is 11.5. The van der Waals surface area contributed by atoms with Gasteiger partial charge < -0.3 is 0 Å². The summed E-state index contributed by atoms with van der Waals surface area (Å²) < 4.78 is 13.5. The van der Waals surface area contributed by atoms with Crippen LogP contribution >= 0.6 is 11.3 Å². The average molecular weight is 235 g/mol. The summed E-state index contributed by atoms with van der Waals surface area (Å²) in [4.78, 5) is 4.49. The predicted molar refractivity (Wildman–Crippen MR) is 66.2 cm³/mol. The standard InChI is InChI=1S/C13H14FNS/c1-3-9(2)12-8-16-13(15-12)10-6-4-5-7-11(10)14/h4-9H,3H2,1-2H3.